The van der Waals surface area contributed by atoms with Crippen molar-refractivity contribution >= 4 is 11.5 Å². The van der Waals surface area contributed by atoms with Gasteiger partial charge in [-0.05, 0) is 36.4 Å². The average molecular weight is 311 g/mol. The molecule has 0 saturated carbocycles. The lowest BCUT2D eigenvalue weighted by atomic mass is 10.3. The molecule has 3 aromatic rings. The summed E-state index contributed by atoms with van der Waals surface area (Å²) >= 11 is 0. The van der Waals surface area contributed by atoms with E-state index in [0.29, 0.717) is 17.3 Å². The largest absolute Gasteiger partial charge is 0.489 e. The maximum absolute atomic E-state index is 13.0. The van der Waals surface area contributed by atoms with Gasteiger partial charge in [-0.15, -0.1) is 0 Å². The van der Waals surface area contributed by atoms with Gasteiger partial charge in [0.05, 0.1) is 7.11 Å². The lowest BCUT2D eigenvalue weighted by Gasteiger charge is -2.13. The summed E-state index contributed by atoms with van der Waals surface area (Å²) in [5.74, 6) is 1.20. The number of hydrogen-bond acceptors (Lipinski definition) is 5. The first-order valence-corrected chi connectivity index (χ1v) is 6.91. The molecule has 2 aromatic carbocycles. The van der Waals surface area contributed by atoms with Gasteiger partial charge in [0.15, 0.2) is 5.82 Å². The van der Waals surface area contributed by atoms with Crippen molar-refractivity contribution in [2.24, 2.45) is 0 Å². The van der Waals surface area contributed by atoms with Crippen LogP contribution >= 0.6 is 0 Å². The summed E-state index contributed by atoms with van der Waals surface area (Å²) in [6.07, 6.45) is 1.37. The molecule has 6 heteroatoms. The van der Waals surface area contributed by atoms with Crippen LogP contribution in [0.15, 0.2) is 60.9 Å². The number of halogens is 1. The predicted octanol–water partition coefficient (Wildman–Crippen LogP) is 4.16. The number of para-hydroxylation sites is 1. The Morgan fingerprint density at radius 3 is 2.39 bits per heavy atom. The van der Waals surface area contributed by atoms with Gasteiger partial charge in [0.25, 0.3) is 5.88 Å². The molecule has 1 heterocycles. The highest BCUT2D eigenvalue weighted by molar-refractivity contribution is 5.64. The minimum Gasteiger partial charge on any atom is -0.489 e. The second-order valence-electron chi connectivity index (χ2n) is 4.61. The van der Waals surface area contributed by atoms with Gasteiger partial charge in [-0.3, -0.25) is 0 Å². The Morgan fingerprint density at radius 1 is 0.957 bits per heavy atom. The summed E-state index contributed by atoms with van der Waals surface area (Å²) in [5.41, 5.74) is 0.859. The molecule has 1 aromatic heterocycles. The average Bonchev–Trinajstić information content (AvgIpc) is 2.58. The molecule has 0 aliphatic carbocycles. The van der Waals surface area contributed by atoms with E-state index in [2.05, 4.69) is 15.3 Å². The molecule has 0 aliphatic heterocycles. The molecule has 0 fully saturated rings. The number of nitrogens with one attached hydrogen (secondary N) is 1. The fraction of sp³-hybridized carbons (Fsp3) is 0.0588. The zero-order valence-electron chi connectivity index (χ0n) is 12.4. The van der Waals surface area contributed by atoms with Crippen molar-refractivity contribution in [2.75, 3.05) is 12.4 Å². The van der Waals surface area contributed by atoms with E-state index in [1.54, 1.807) is 0 Å². The topological polar surface area (TPSA) is 56.3 Å². The molecular weight excluding hydrogens is 297 g/mol. The van der Waals surface area contributed by atoms with E-state index in [-0.39, 0.29) is 11.7 Å². The molecule has 0 aliphatic rings. The third-order valence-corrected chi connectivity index (χ3v) is 3.04. The zero-order valence-corrected chi connectivity index (χ0v) is 12.4. The Morgan fingerprint density at radius 2 is 1.70 bits per heavy atom. The Labute approximate surface area is 132 Å². The van der Waals surface area contributed by atoms with Crippen molar-refractivity contribution in [2.45, 2.75) is 0 Å². The predicted molar refractivity (Wildman–Crippen MR) is 84.8 cm³/mol. The van der Waals surface area contributed by atoms with Crippen molar-refractivity contribution < 1.29 is 13.9 Å². The van der Waals surface area contributed by atoms with Crippen LogP contribution in [0.5, 0.6) is 17.4 Å². The highest BCUT2D eigenvalue weighted by Crippen LogP contribution is 2.35. The van der Waals surface area contributed by atoms with E-state index in [9.17, 15) is 4.39 Å². The van der Waals surface area contributed by atoms with E-state index in [1.807, 2.05) is 30.3 Å². The summed E-state index contributed by atoms with van der Waals surface area (Å²) in [7, 11) is 1.51. The fourth-order valence-corrected chi connectivity index (χ4v) is 1.98. The molecule has 3 rings (SSSR count). The summed E-state index contributed by atoms with van der Waals surface area (Å²) in [4.78, 5) is 8.25. The lowest BCUT2D eigenvalue weighted by molar-refractivity contribution is 0.369. The summed E-state index contributed by atoms with van der Waals surface area (Å²) < 4.78 is 24.0. The van der Waals surface area contributed by atoms with Crippen LogP contribution in [0.1, 0.15) is 0 Å². The lowest BCUT2D eigenvalue weighted by Crippen LogP contribution is -2.01. The normalized spacial score (nSPS) is 10.2. The van der Waals surface area contributed by atoms with Crippen molar-refractivity contribution in [1.29, 1.82) is 0 Å². The Balaban J connectivity index is 1.89. The van der Waals surface area contributed by atoms with Crippen LogP contribution in [0.3, 0.4) is 0 Å². The number of aromatic nitrogens is 2. The summed E-state index contributed by atoms with van der Waals surface area (Å²) in [6, 6.07) is 15.2. The molecule has 0 saturated heterocycles. The van der Waals surface area contributed by atoms with Gasteiger partial charge in [0, 0.05) is 5.69 Å². The molecule has 0 bridgehead atoms. The first-order valence-electron chi connectivity index (χ1n) is 6.91. The Kier molecular flexibility index (Phi) is 4.33. The van der Waals surface area contributed by atoms with Gasteiger partial charge in [-0.25, -0.2) is 9.37 Å². The number of hydrogen-bond donors (Lipinski definition) is 1. The van der Waals surface area contributed by atoms with Gasteiger partial charge in [0.1, 0.15) is 17.9 Å². The minimum absolute atomic E-state index is 0.243. The first kappa shape index (κ1) is 14.8. The molecule has 0 amide bonds. The molecule has 0 atom stereocenters. The first-order chi connectivity index (χ1) is 11.3. The summed E-state index contributed by atoms with van der Waals surface area (Å²) in [5, 5.41) is 3.14. The van der Waals surface area contributed by atoms with Crippen molar-refractivity contribution in [3.05, 3.63) is 66.7 Å². The zero-order chi connectivity index (χ0) is 16.1. The van der Waals surface area contributed by atoms with Gasteiger partial charge in [-0.2, -0.15) is 4.98 Å². The quantitative estimate of drug-likeness (QED) is 0.766. The number of ether oxygens (including phenoxy) is 2. The van der Waals surface area contributed by atoms with Crippen LogP contribution in [0.25, 0.3) is 0 Å². The third kappa shape index (κ3) is 3.55. The maximum atomic E-state index is 13.0. The third-order valence-electron chi connectivity index (χ3n) is 3.04. The Hall–Kier alpha value is -3.15. The molecule has 0 unspecified atom stereocenters. The molecule has 23 heavy (non-hydrogen) atoms. The highest BCUT2D eigenvalue weighted by atomic mass is 19.1. The number of anilines is 2. The standard InChI is InChI=1S/C17H14FN3O2/c1-22-15-16(21-13-5-3-2-4-6-13)19-11-20-17(15)23-14-9-7-12(18)8-10-14/h2-11H,1H3,(H,19,20,21). The van der Waals surface area contributed by atoms with E-state index < -0.39 is 0 Å². The molecule has 5 nitrogen and oxygen atoms in total. The van der Waals surface area contributed by atoms with Gasteiger partial charge >= 0.3 is 0 Å². The second kappa shape index (κ2) is 6.74. The number of methoxy groups -OCH3 is 1. The van der Waals surface area contributed by atoms with Gasteiger partial charge in [-0.1, -0.05) is 18.2 Å². The van der Waals surface area contributed by atoms with E-state index in [1.165, 1.54) is 37.7 Å². The molecule has 1 N–H and O–H groups in total. The maximum Gasteiger partial charge on any atom is 0.268 e. The fourth-order valence-electron chi connectivity index (χ4n) is 1.98. The van der Waals surface area contributed by atoms with Gasteiger partial charge < -0.3 is 14.8 Å². The number of rotatable bonds is 5. The molecule has 116 valence electrons. The van der Waals surface area contributed by atoms with E-state index in [4.69, 9.17) is 9.47 Å². The van der Waals surface area contributed by atoms with Crippen LogP contribution in [-0.2, 0) is 0 Å². The van der Waals surface area contributed by atoms with Crippen LogP contribution in [-0.4, -0.2) is 17.1 Å². The minimum atomic E-state index is -0.335. The second-order valence-corrected chi connectivity index (χ2v) is 4.61. The van der Waals surface area contributed by atoms with E-state index in [0.717, 1.165) is 5.69 Å². The Bertz CT molecular complexity index is 780. The van der Waals surface area contributed by atoms with Crippen molar-refractivity contribution in [3.63, 3.8) is 0 Å². The van der Waals surface area contributed by atoms with Crippen LogP contribution in [0.4, 0.5) is 15.9 Å². The van der Waals surface area contributed by atoms with Crippen molar-refractivity contribution in [3.8, 4) is 17.4 Å². The van der Waals surface area contributed by atoms with Crippen LogP contribution < -0.4 is 14.8 Å². The number of nitrogens with zero attached hydrogens (tertiary/aromatic N) is 2. The molecule has 0 spiro atoms. The van der Waals surface area contributed by atoms with Gasteiger partial charge in [0.2, 0.25) is 5.75 Å². The highest BCUT2D eigenvalue weighted by Gasteiger charge is 2.14. The monoisotopic (exact) mass is 311 g/mol. The summed E-state index contributed by atoms with van der Waals surface area (Å²) in [6.45, 7) is 0. The van der Waals surface area contributed by atoms with Crippen LogP contribution in [0, 0.1) is 5.82 Å². The molecule has 0 radical (unpaired) electrons. The SMILES string of the molecule is COc1c(Nc2ccccc2)ncnc1Oc1ccc(F)cc1. The van der Waals surface area contributed by atoms with Crippen LogP contribution in [0.2, 0.25) is 0 Å². The van der Waals surface area contributed by atoms with E-state index >= 15 is 0 Å². The smallest absolute Gasteiger partial charge is 0.268 e. The number of benzene rings is 2. The van der Waals surface area contributed by atoms with Crippen molar-refractivity contribution in [1.82, 2.24) is 9.97 Å². The molecular formula is C17H14FN3O2.